The molecule has 0 radical (unpaired) electrons. The standard InChI is InChI=1S/C24H28ClNO3/c25-21-8-6-20(7-9-21)24(12-16-29-17-13-24)22(27)26-18-23(10-14-28-15-11-23)19-4-2-1-3-5-19/h1-9H,10-18H2,(H,26,27). The van der Waals surface area contributed by atoms with Gasteiger partial charge in [-0.25, -0.2) is 0 Å². The maximum Gasteiger partial charge on any atom is 0.230 e. The predicted octanol–water partition coefficient (Wildman–Crippen LogP) is 4.25. The second-order valence-electron chi connectivity index (χ2n) is 8.14. The first kappa shape index (κ1) is 20.4. The van der Waals surface area contributed by atoms with E-state index < -0.39 is 5.41 Å². The lowest BCUT2D eigenvalue weighted by Crippen LogP contribution is -2.52. The zero-order chi connectivity index (χ0) is 20.2. The molecule has 0 saturated carbocycles. The lowest BCUT2D eigenvalue weighted by atomic mass is 9.71. The van der Waals surface area contributed by atoms with Crippen molar-refractivity contribution in [1.82, 2.24) is 5.32 Å². The average Bonchev–Trinajstić information content (AvgIpc) is 2.79. The minimum atomic E-state index is -0.564. The van der Waals surface area contributed by atoms with Gasteiger partial charge in [-0.05, 0) is 48.9 Å². The molecule has 1 amide bonds. The maximum atomic E-state index is 13.6. The van der Waals surface area contributed by atoms with Gasteiger partial charge in [0.15, 0.2) is 0 Å². The molecule has 2 aromatic carbocycles. The summed E-state index contributed by atoms with van der Waals surface area (Å²) in [4.78, 5) is 13.6. The number of nitrogens with one attached hydrogen (secondary N) is 1. The summed E-state index contributed by atoms with van der Waals surface area (Å²) in [6.45, 7) is 3.25. The fourth-order valence-corrected chi connectivity index (χ4v) is 4.80. The Kier molecular flexibility index (Phi) is 6.23. The van der Waals surface area contributed by atoms with E-state index in [4.69, 9.17) is 21.1 Å². The number of amides is 1. The van der Waals surface area contributed by atoms with Crippen LogP contribution in [-0.4, -0.2) is 38.9 Å². The first-order valence-corrected chi connectivity index (χ1v) is 10.8. The molecule has 2 saturated heterocycles. The summed E-state index contributed by atoms with van der Waals surface area (Å²) in [5.74, 6) is 0.0879. The maximum absolute atomic E-state index is 13.6. The minimum absolute atomic E-state index is 0.0818. The molecule has 5 heteroatoms. The average molecular weight is 414 g/mol. The SMILES string of the molecule is O=C(NCC1(c2ccccc2)CCOCC1)C1(c2ccc(Cl)cc2)CCOCC1. The molecule has 0 spiro atoms. The Bertz CT molecular complexity index is 810. The normalized spacial score (nSPS) is 20.7. The Morgan fingerprint density at radius 1 is 0.828 bits per heavy atom. The molecule has 0 atom stereocenters. The second-order valence-corrected chi connectivity index (χ2v) is 8.58. The van der Waals surface area contributed by atoms with E-state index >= 15 is 0 Å². The summed E-state index contributed by atoms with van der Waals surface area (Å²) in [6, 6.07) is 18.2. The highest BCUT2D eigenvalue weighted by Crippen LogP contribution is 2.38. The molecule has 0 aliphatic carbocycles. The van der Waals surface area contributed by atoms with Crippen LogP contribution in [0.2, 0.25) is 5.02 Å². The van der Waals surface area contributed by atoms with Gasteiger partial charge in [0.1, 0.15) is 0 Å². The van der Waals surface area contributed by atoms with E-state index in [9.17, 15) is 4.79 Å². The van der Waals surface area contributed by atoms with Gasteiger partial charge in [0.2, 0.25) is 5.91 Å². The van der Waals surface area contributed by atoms with Gasteiger partial charge in [0, 0.05) is 43.4 Å². The third-order valence-corrected chi connectivity index (χ3v) is 6.85. The van der Waals surface area contributed by atoms with Crippen LogP contribution in [0.3, 0.4) is 0 Å². The minimum Gasteiger partial charge on any atom is -0.381 e. The van der Waals surface area contributed by atoms with Crippen LogP contribution in [0.5, 0.6) is 0 Å². The molecule has 29 heavy (non-hydrogen) atoms. The molecule has 2 heterocycles. The largest absolute Gasteiger partial charge is 0.381 e. The number of carbonyl (C=O) groups is 1. The van der Waals surface area contributed by atoms with Gasteiger partial charge >= 0.3 is 0 Å². The Morgan fingerprint density at radius 2 is 1.41 bits per heavy atom. The molecule has 0 unspecified atom stereocenters. The smallest absolute Gasteiger partial charge is 0.230 e. The lowest BCUT2D eigenvalue weighted by molar-refractivity contribution is -0.131. The second kappa shape index (κ2) is 8.86. The highest BCUT2D eigenvalue weighted by Gasteiger charge is 2.43. The van der Waals surface area contributed by atoms with Gasteiger partial charge < -0.3 is 14.8 Å². The molecule has 154 valence electrons. The highest BCUT2D eigenvalue weighted by atomic mass is 35.5. The van der Waals surface area contributed by atoms with E-state index in [1.54, 1.807) is 0 Å². The topological polar surface area (TPSA) is 47.6 Å². The molecular formula is C24H28ClNO3. The highest BCUT2D eigenvalue weighted by molar-refractivity contribution is 6.30. The van der Waals surface area contributed by atoms with Crippen molar-refractivity contribution in [2.45, 2.75) is 36.5 Å². The summed E-state index contributed by atoms with van der Waals surface area (Å²) in [5.41, 5.74) is 1.65. The monoisotopic (exact) mass is 413 g/mol. The van der Waals surface area contributed by atoms with Crippen LogP contribution < -0.4 is 5.32 Å². The summed E-state index contributed by atoms with van der Waals surface area (Å²) >= 11 is 6.09. The van der Waals surface area contributed by atoms with Crippen molar-refractivity contribution < 1.29 is 14.3 Å². The van der Waals surface area contributed by atoms with Crippen molar-refractivity contribution in [1.29, 1.82) is 0 Å². The molecule has 2 aliphatic heterocycles. The number of benzene rings is 2. The fourth-order valence-electron chi connectivity index (χ4n) is 4.68. The van der Waals surface area contributed by atoms with Crippen molar-refractivity contribution >= 4 is 17.5 Å². The Hall–Kier alpha value is -1.88. The fraction of sp³-hybridized carbons (Fsp3) is 0.458. The molecule has 0 bridgehead atoms. The van der Waals surface area contributed by atoms with Crippen molar-refractivity contribution in [2.24, 2.45) is 0 Å². The lowest BCUT2D eigenvalue weighted by Gasteiger charge is -2.41. The third kappa shape index (κ3) is 4.20. The molecule has 1 N–H and O–H groups in total. The van der Waals surface area contributed by atoms with Crippen LogP contribution in [0, 0.1) is 0 Å². The quantitative estimate of drug-likeness (QED) is 0.796. The number of carbonyl (C=O) groups excluding carboxylic acids is 1. The molecule has 4 rings (SSSR count). The van der Waals surface area contributed by atoms with Crippen molar-refractivity contribution in [3.05, 3.63) is 70.7 Å². The summed E-state index contributed by atoms with van der Waals surface area (Å²) in [6.07, 6.45) is 3.19. The molecule has 4 nitrogen and oxygen atoms in total. The molecule has 0 aromatic heterocycles. The van der Waals surface area contributed by atoms with Gasteiger partial charge in [-0.15, -0.1) is 0 Å². The van der Waals surface area contributed by atoms with Crippen LogP contribution in [0.15, 0.2) is 54.6 Å². The van der Waals surface area contributed by atoms with E-state index in [1.807, 2.05) is 30.3 Å². The van der Waals surface area contributed by atoms with Crippen LogP contribution in [-0.2, 0) is 25.1 Å². The van der Waals surface area contributed by atoms with Crippen LogP contribution in [0.4, 0.5) is 0 Å². The third-order valence-electron chi connectivity index (χ3n) is 6.60. The Balaban J connectivity index is 1.57. The van der Waals surface area contributed by atoms with Gasteiger partial charge in [-0.1, -0.05) is 54.1 Å². The molecule has 2 aromatic rings. The van der Waals surface area contributed by atoms with Gasteiger partial charge in [0.05, 0.1) is 5.41 Å². The van der Waals surface area contributed by atoms with Crippen LogP contribution in [0.1, 0.15) is 36.8 Å². The first-order chi connectivity index (χ1) is 14.1. The number of ether oxygens (including phenoxy) is 2. The van der Waals surface area contributed by atoms with E-state index in [2.05, 4.69) is 29.6 Å². The van der Waals surface area contributed by atoms with Gasteiger partial charge in [-0.2, -0.15) is 0 Å². The van der Waals surface area contributed by atoms with Crippen LogP contribution >= 0.6 is 11.6 Å². The van der Waals surface area contributed by atoms with Gasteiger partial charge in [0.25, 0.3) is 0 Å². The zero-order valence-corrected chi connectivity index (χ0v) is 17.4. The zero-order valence-electron chi connectivity index (χ0n) is 16.7. The van der Waals surface area contributed by atoms with E-state index in [1.165, 1.54) is 5.56 Å². The first-order valence-electron chi connectivity index (χ1n) is 10.4. The Morgan fingerprint density at radius 3 is 2.03 bits per heavy atom. The van der Waals surface area contributed by atoms with Crippen molar-refractivity contribution in [2.75, 3.05) is 33.0 Å². The molecule has 2 aliphatic rings. The van der Waals surface area contributed by atoms with E-state index in [-0.39, 0.29) is 11.3 Å². The number of hydrogen-bond acceptors (Lipinski definition) is 3. The number of halogens is 1. The number of rotatable bonds is 5. The summed E-state index contributed by atoms with van der Waals surface area (Å²) in [5, 5.41) is 4.01. The van der Waals surface area contributed by atoms with E-state index in [0.717, 1.165) is 31.6 Å². The number of hydrogen-bond donors (Lipinski definition) is 1. The summed E-state index contributed by atoms with van der Waals surface area (Å²) in [7, 11) is 0. The van der Waals surface area contributed by atoms with E-state index in [0.29, 0.717) is 37.6 Å². The van der Waals surface area contributed by atoms with Gasteiger partial charge in [-0.3, -0.25) is 4.79 Å². The molecular weight excluding hydrogens is 386 g/mol. The van der Waals surface area contributed by atoms with Crippen LogP contribution in [0.25, 0.3) is 0 Å². The van der Waals surface area contributed by atoms with Crippen molar-refractivity contribution in [3.63, 3.8) is 0 Å². The van der Waals surface area contributed by atoms with Crippen molar-refractivity contribution in [3.8, 4) is 0 Å². The predicted molar refractivity (Wildman–Crippen MR) is 114 cm³/mol. The summed E-state index contributed by atoms with van der Waals surface area (Å²) < 4.78 is 11.2. The molecule has 2 fully saturated rings. The Labute approximate surface area is 177 Å².